The molecule has 0 spiro atoms. The minimum Gasteiger partial charge on any atom is -0.480 e. The van der Waals surface area contributed by atoms with E-state index < -0.39 is 5.97 Å². The molecule has 0 fully saturated rings. The summed E-state index contributed by atoms with van der Waals surface area (Å²) in [5.74, 6) is -0.717. The van der Waals surface area contributed by atoms with E-state index in [1.807, 2.05) is 19.1 Å². The van der Waals surface area contributed by atoms with Gasteiger partial charge in [-0.3, -0.25) is 9.69 Å². The molecule has 1 N–H and O–H groups in total. The lowest BCUT2D eigenvalue weighted by Crippen LogP contribution is -2.43. The normalized spacial score (nSPS) is 16.6. The van der Waals surface area contributed by atoms with Crippen molar-refractivity contribution in [2.75, 3.05) is 6.54 Å². The number of fused-ring (bicyclic) bond motifs is 1. The van der Waals surface area contributed by atoms with Gasteiger partial charge in [0, 0.05) is 17.6 Å². The van der Waals surface area contributed by atoms with E-state index in [0.29, 0.717) is 6.42 Å². The molecule has 1 aromatic rings. The lowest BCUT2D eigenvalue weighted by atomic mass is 9.98. The standard InChI is InChI=1S/C13H16BrNO2.ClH/c1-2-12(13(16)17)15-7-6-10-9(8-15)4-3-5-11(10)14;/h3-5,12H,2,6-8H2,1H3,(H,16,17);1H. The fourth-order valence-electron chi connectivity index (χ4n) is 2.44. The van der Waals surface area contributed by atoms with E-state index in [-0.39, 0.29) is 18.4 Å². The number of nitrogens with zero attached hydrogens (tertiary/aromatic N) is 1. The number of rotatable bonds is 3. The van der Waals surface area contributed by atoms with Crippen LogP contribution in [-0.4, -0.2) is 28.6 Å². The van der Waals surface area contributed by atoms with Crippen molar-refractivity contribution in [3.8, 4) is 0 Å². The Morgan fingerprint density at radius 1 is 1.56 bits per heavy atom. The van der Waals surface area contributed by atoms with Gasteiger partial charge in [0.1, 0.15) is 6.04 Å². The van der Waals surface area contributed by atoms with Crippen LogP contribution in [0.2, 0.25) is 0 Å². The lowest BCUT2D eigenvalue weighted by molar-refractivity contribution is -0.143. The van der Waals surface area contributed by atoms with Gasteiger partial charge in [0.05, 0.1) is 0 Å². The van der Waals surface area contributed by atoms with Crippen LogP contribution in [0, 0.1) is 0 Å². The number of carboxylic acid groups (broad SMARTS) is 1. The lowest BCUT2D eigenvalue weighted by Gasteiger charge is -2.33. The van der Waals surface area contributed by atoms with E-state index >= 15 is 0 Å². The Hall–Kier alpha value is -0.580. The molecule has 0 radical (unpaired) electrons. The van der Waals surface area contributed by atoms with Crippen LogP contribution in [0.5, 0.6) is 0 Å². The van der Waals surface area contributed by atoms with Gasteiger partial charge in [0.25, 0.3) is 0 Å². The topological polar surface area (TPSA) is 40.5 Å². The van der Waals surface area contributed by atoms with E-state index in [1.54, 1.807) is 0 Å². The minimum absolute atomic E-state index is 0. The van der Waals surface area contributed by atoms with Gasteiger partial charge in [-0.05, 0) is 30.0 Å². The summed E-state index contributed by atoms with van der Waals surface area (Å²) >= 11 is 3.55. The zero-order chi connectivity index (χ0) is 12.4. The average Bonchev–Trinajstić information content (AvgIpc) is 2.29. The SMILES string of the molecule is CCC(C(=O)O)N1CCc2c(Br)cccc2C1.Cl. The molecule has 1 unspecified atom stereocenters. The van der Waals surface area contributed by atoms with Crippen molar-refractivity contribution in [3.05, 3.63) is 33.8 Å². The van der Waals surface area contributed by atoms with Crippen LogP contribution in [0.3, 0.4) is 0 Å². The third-order valence-electron chi connectivity index (χ3n) is 3.35. The van der Waals surface area contributed by atoms with Crippen molar-refractivity contribution in [2.45, 2.75) is 32.4 Å². The maximum atomic E-state index is 11.2. The molecule has 0 aliphatic carbocycles. The molecule has 1 heterocycles. The zero-order valence-electron chi connectivity index (χ0n) is 10.2. The van der Waals surface area contributed by atoms with Crippen molar-refractivity contribution >= 4 is 34.3 Å². The molecule has 1 aliphatic heterocycles. The quantitative estimate of drug-likeness (QED) is 0.923. The summed E-state index contributed by atoms with van der Waals surface area (Å²) in [6, 6.07) is 5.78. The molecular formula is C13H17BrClNO2. The fraction of sp³-hybridized carbons (Fsp3) is 0.462. The number of aliphatic carboxylic acids is 1. The molecule has 0 saturated carbocycles. The van der Waals surface area contributed by atoms with Crippen LogP contribution in [0.1, 0.15) is 24.5 Å². The van der Waals surface area contributed by atoms with Crippen LogP contribution >= 0.6 is 28.3 Å². The Bertz CT molecular complexity index is 439. The predicted octanol–water partition coefficient (Wildman–Crippen LogP) is 3.09. The van der Waals surface area contributed by atoms with Crippen LogP contribution in [0.15, 0.2) is 22.7 Å². The predicted molar refractivity (Wildman–Crippen MR) is 77.2 cm³/mol. The first-order valence-electron chi connectivity index (χ1n) is 5.86. The van der Waals surface area contributed by atoms with Crippen LogP contribution in [0.4, 0.5) is 0 Å². The number of halogens is 2. The second kappa shape index (κ2) is 6.55. The van der Waals surface area contributed by atoms with Gasteiger partial charge in [0.2, 0.25) is 0 Å². The third-order valence-corrected chi connectivity index (χ3v) is 4.09. The molecule has 3 nitrogen and oxygen atoms in total. The fourth-order valence-corrected chi connectivity index (χ4v) is 3.05. The summed E-state index contributed by atoms with van der Waals surface area (Å²) in [7, 11) is 0. The highest BCUT2D eigenvalue weighted by atomic mass is 79.9. The van der Waals surface area contributed by atoms with Crippen molar-refractivity contribution in [2.24, 2.45) is 0 Å². The van der Waals surface area contributed by atoms with Crippen LogP contribution in [-0.2, 0) is 17.8 Å². The summed E-state index contributed by atoms with van der Waals surface area (Å²) in [5.41, 5.74) is 2.56. The van der Waals surface area contributed by atoms with Gasteiger partial charge < -0.3 is 5.11 Å². The molecule has 100 valence electrons. The van der Waals surface area contributed by atoms with E-state index in [9.17, 15) is 9.90 Å². The molecule has 2 rings (SSSR count). The van der Waals surface area contributed by atoms with Crippen molar-refractivity contribution in [1.82, 2.24) is 4.90 Å². The molecule has 0 bridgehead atoms. The van der Waals surface area contributed by atoms with Crippen molar-refractivity contribution in [3.63, 3.8) is 0 Å². The van der Waals surface area contributed by atoms with Crippen molar-refractivity contribution in [1.29, 1.82) is 0 Å². The van der Waals surface area contributed by atoms with Gasteiger partial charge in [-0.2, -0.15) is 0 Å². The zero-order valence-corrected chi connectivity index (χ0v) is 12.6. The van der Waals surface area contributed by atoms with E-state index in [0.717, 1.165) is 24.0 Å². The first-order chi connectivity index (χ1) is 8.13. The number of carboxylic acids is 1. The van der Waals surface area contributed by atoms with Gasteiger partial charge in [0.15, 0.2) is 0 Å². The Morgan fingerprint density at radius 3 is 2.89 bits per heavy atom. The van der Waals surface area contributed by atoms with Crippen molar-refractivity contribution < 1.29 is 9.90 Å². The average molecular weight is 335 g/mol. The highest BCUT2D eigenvalue weighted by molar-refractivity contribution is 9.10. The monoisotopic (exact) mass is 333 g/mol. The Balaban J connectivity index is 0.00000162. The molecule has 0 amide bonds. The highest BCUT2D eigenvalue weighted by Crippen LogP contribution is 2.27. The second-order valence-corrected chi connectivity index (χ2v) is 5.21. The minimum atomic E-state index is -0.717. The summed E-state index contributed by atoms with van der Waals surface area (Å²) in [5, 5.41) is 9.18. The molecule has 0 aromatic heterocycles. The van der Waals surface area contributed by atoms with E-state index in [1.165, 1.54) is 11.1 Å². The number of hydrogen-bond donors (Lipinski definition) is 1. The summed E-state index contributed by atoms with van der Waals surface area (Å²) in [4.78, 5) is 13.2. The van der Waals surface area contributed by atoms with Gasteiger partial charge in [-0.1, -0.05) is 35.0 Å². The third kappa shape index (κ3) is 3.05. The molecule has 5 heteroatoms. The Kier molecular flexibility index (Phi) is 5.63. The highest BCUT2D eigenvalue weighted by Gasteiger charge is 2.27. The first kappa shape index (κ1) is 15.5. The Labute approximate surface area is 122 Å². The van der Waals surface area contributed by atoms with E-state index in [4.69, 9.17) is 0 Å². The molecule has 1 aliphatic rings. The number of carbonyl (C=O) groups is 1. The molecule has 18 heavy (non-hydrogen) atoms. The summed E-state index contributed by atoms with van der Waals surface area (Å²) in [6.07, 6.45) is 1.57. The summed E-state index contributed by atoms with van der Waals surface area (Å²) in [6.45, 7) is 3.48. The number of benzene rings is 1. The largest absolute Gasteiger partial charge is 0.480 e. The number of hydrogen-bond acceptors (Lipinski definition) is 2. The van der Waals surface area contributed by atoms with Gasteiger partial charge in [-0.15, -0.1) is 12.4 Å². The summed E-state index contributed by atoms with van der Waals surface area (Å²) < 4.78 is 1.14. The molecule has 0 saturated heterocycles. The maximum absolute atomic E-state index is 11.2. The first-order valence-corrected chi connectivity index (χ1v) is 6.66. The molecule has 1 aromatic carbocycles. The van der Waals surface area contributed by atoms with E-state index in [2.05, 4.69) is 26.9 Å². The second-order valence-electron chi connectivity index (χ2n) is 4.36. The Morgan fingerprint density at radius 2 is 2.28 bits per heavy atom. The van der Waals surface area contributed by atoms with Gasteiger partial charge >= 0.3 is 5.97 Å². The maximum Gasteiger partial charge on any atom is 0.320 e. The smallest absolute Gasteiger partial charge is 0.320 e. The molecule has 1 atom stereocenters. The molecular weight excluding hydrogens is 318 g/mol. The van der Waals surface area contributed by atoms with Gasteiger partial charge in [-0.25, -0.2) is 0 Å². The van der Waals surface area contributed by atoms with Crippen LogP contribution < -0.4 is 0 Å². The van der Waals surface area contributed by atoms with Crippen LogP contribution in [0.25, 0.3) is 0 Å².